The smallest absolute Gasteiger partial charge is 0.405 e. The van der Waals surface area contributed by atoms with Crippen molar-refractivity contribution in [3.8, 4) is 11.5 Å². The lowest BCUT2D eigenvalue weighted by Gasteiger charge is -2.39. The molecule has 21 nitrogen and oxygen atoms in total. The van der Waals surface area contributed by atoms with Crippen molar-refractivity contribution in [2.75, 3.05) is 68.6 Å². The lowest BCUT2D eigenvalue weighted by atomic mass is 10.0. The van der Waals surface area contributed by atoms with E-state index in [1.807, 2.05) is 0 Å². The molecule has 1 atom stereocenters. The number of carbonyl (C=O) groups is 7. The van der Waals surface area contributed by atoms with Gasteiger partial charge in [-0.2, -0.15) is 18.3 Å². The monoisotopic (exact) mass is 851 g/mol. The number of hydrogen-bond acceptors (Lipinski definition) is 15. The number of amides is 7. The van der Waals surface area contributed by atoms with Crippen molar-refractivity contribution in [1.29, 1.82) is 0 Å². The van der Waals surface area contributed by atoms with Gasteiger partial charge in [0.15, 0.2) is 11.4 Å². The quantitative estimate of drug-likeness (QED) is 0.0737. The third-order valence-corrected chi connectivity index (χ3v) is 9.64. The van der Waals surface area contributed by atoms with Crippen molar-refractivity contribution < 1.29 is 60.6 Å². The van der Waals surface area contributed by atoms with Crippen LogP contribution in [0.15, 0.2) is 53.4 Å². The van der Waals surface area contributed by atoms with Gasteiger partial charge in [-0.25, -0.2) is 9.97 Å². The minimum Gasteiger partial charge on any atom is -0.444 e. The van der Waals surface area contributed by atoms with E-state index >= 15 is 0 Å². The maximum absolute atomic E-state index is 13.2. The molecule has 7 amide bonds. The van der Waals surface area contributed by atoms with E-state index in [9.17, 15) is 46.7 Å². The van der Waals surface area contributed by atoms with E-state index in [1.165, 1.54) is 40.2 Å². The zero-order valence-corrected chi connectivity index (χ0v) is 31.8. The van der Waals surface area contributed by atoms with Gasteiger partial charge in [-0.3, -0.25) is 48.5 Å². The Balaban J connectivity index is 0.818. The summed E-state index contributed by atoms with van der Waals surface area (Å²) in [6.45, 7) is -0.417. The lowest BCUT2D eigenvalue weighted by Crippen LogP contribution is -2.54. The van der Waals surface area contributed by atoms with Crippen LogP contribution in [0.3, 0.4) is 0 Å². The second-order valence-corrected chi connectivity index (χ2v) is 13.8. The number of alkyl halides is 3. The Morgan fingerprint density at radius 1 is 1.00 bits per heavy atom. The van der Waals surface area contributed by atoms with Gasteiger partial charge in [0.1, 0.15) is 31.3 Å². The molecule has 4 aromatic rings. The molecule has 320 valence electrons. The Hall–Kier alpha value is -7.21. The van der Waals surface area contributed by atoms with Crippen LogP contribution in [-0.4, -0.2) is 136 Å². The van der Waals surface area contributed by atoms with E-state index in [4.69, 9.17) is 19.6 Å². The van der Waals surface area contributed by atoms with Gasteiger partial charge >= 0.3 is 6.18 Å². The van der Waals surface area contributed by atoms with E-state index in [0.717, 1.165) is 11.2 Å². The van der Waals surface area contributed by atoms with Crippen LogP contribution < -0.4 is 27.0 Å². The average Bonchev–Trinajstić information content (AvgIpc) is 3.92. The van der Waals surface area contributed by atoms with Crippen molar-refractivity contribution in [1.82, 2.24) is 34.9 Å². The van der Waals surface area contributed by atoms with Crippen LogP contribution in [0.1, 0.15) is 60.6 Å². The molecule has 6 N–H and O–H groups in total. The molecule has 0 bridgehead atoms. The number of primary amides is 1. The summed E-state index contributed by atoms with van der Waals surface area (Å²) in [5.74, 6) is -4.61. The molecule has 1 unspecified atom stereocenters. The number of imide groups is 2. The molecule has 1 aromatic carbocycles. The summed E-state index contributed by atoms with van der Waals surface area (Å²) in [6, 6.07) is 5.99. The standard InChI is InChI=1S/C37H36F3N11O10/c38-37(39,40)18-44-26-12-19(6-7-43-26)34-46-24(16-61-34)32(55)45-23-15-50(48-30(23)31(41)54)20-13-49(14-20)28(53)17-60-11-10-59-9-8-42-22-3-1-2-21-29(22)36(58)51(35(21)57)25-4-5-27(52)47-33(25)56/h1-3,6-7,12,15-16,20,25,42H,4-5,8-11,13-14,17-18H2,(H2,41,54)(H,43,44)(H,45,55)(H,47,52,56). The number of halogens is 3. The highest BCUT2D eigenvalue weighted by molar-refractivity contribution is 6.25. The zero-order chi connectivity index (χ0) is 43.4. The first-order valence-corrected chi connectivity index (χ1v) is 18.6. The second-order valence-electron chi connectivity index (χ2n) is 13.8. The first kappa shape index (κ1) is 41.9. The fourth-order valence-corrected chi connectivity index (χ4v) is 6.62. The molecule has 3 aliphatic rings. The molecule has 7 rings (SSSR count). The van der Waals surface area contributed by atoms with Crippen LogP contribution >= 0.6 is 0 Å². The normalized spacial score (nSPS) is 16.6. The highest BCUT2D eigenvalue weighted by Gasteiger charge is 2.45. The predicted molar refractivity (Wildman–Crippen MR) is 202 cm³/mol. The summed E-state index contributed by atoms with van der Waals surface area (Å²) >= 11 is 0. The molecule has 3 aromatic heterocycles. The van der Waals surface area contributed by atoms with Gasteiger partial charge in [0, 0.05) is 49.7 Å². The van der Waals surface area contributed by atoms with Gasteiger partial charge in [-0.1, -0.05) is 6.07 Å². The van der Waals surface area contributed by atoms with Crippen molar-refractivity contribution in [2.45, 2.75) is 31.1 Å². The number of nitrogens with two attached hydrogens (primary N) is 1. The molecule has 0 saturated carbocycles. The number of hydrogen-bond donors (Lipinski definition) is 5. The second kappa shape index (κ2) is 17.6. The summed E-state index contributed by atoms with van der Waals surface area (Å²) in [4.78, 5) is 98.3. The Kier molecular flexibility index (Phi) is 12.1. The number of aromatic nitrogens is 4. The largest absolute Gasteiger partial charge is 0.444 e. The van der Waals surface area contributed by atoms with Gasteiger partial charge < -0.3 is 40.5 Å². The van der Waals surface area contributed by atoms with Crippen LogP contribution in [0.25, 0.3) is 11.5 Å². The number of benzene rings is 1. The number of likely N-dealkylation sites (tertiary alicyclic amines) is 1. The first-order chi connectivity index (χ1) is 29.2. The van der Waals surface area contributed by atoms with Crippen molar-refractivity contribution in [3.05, 3.63) is 71.5 Å². The highest BCUT2D eigenvalue weighted by Crippen LogP contribution is 2.32. The molecule has 2 fully saturated rings. The van der Waals surface area contributed by atoms with Gasteiger partial charge in [-0.15, -0.1) is 0 Å². The average molecular weight is 852 g/mol. The van der Waals surface area contributed by atoms with Crippen molar-refractivity contribution in [2.24, 2.45) is 5.73 Å². The third-order valence-electron chi connectivity index (χ3n) is 9.64. The van der Waals surface area contributed by atoms with Gasteiger partial charge in [-0.05, 0) is 30.7 Å². The van der Waals surface area contributed by atoms with Crippen LogP contribution in [0, 0.1) is 0 Å². The lowest BCUT2D eigenvalue weighted by molar-refractivity contribution is -0.142. The third kappa shape index (κ3) is 9.49. The number of nitrogens with zero attached hydrogens (tertiary/aromatic N) is 6. The summed E-state index contributed by atoms with van der Waals surface area (Å²) in [6.07, 6.45) is -0.757. The molecule has 0 aliphatic carbocycles. The fourth-order valence-electron chi connectivity index (χ4n) is 6.62. The molecular weight excluding hydrogens is 815 g/mol. The Bertz CT molecular complexity index is 2390. The SMILES string of the molecule is NC(=O)c1nn(C2CN(C(=O)COCCOCCNc3cccc4c3C(=O)N(C3CCC(=O)NC3=O)C4=O)C2)cc1NC(=O)c1coc(-c2ccnc(NCC(F)(F)F)c2)n1. The summed E-state index contributed by atoms with van der Waals surface area (Å²) in [7, 11) is 0. The Morgan fingerprint density at radius 3 is 2.54 bits per heavy atom. The van der Waals surface area contributed by atoms with E-state index < -0.39 is 54.2 Å². The number of nitrogens with one attached hydrogen (secondary N) is 4. The van der Waals surface area contributed by atoms with Crippen LogP contribution in [-0.2, 0) is 23.9 Å². The molecule has 24 heteroatoms. The Labute approximate surface area is 342 Å². The van der Waals surface area contributed by atoms with E-state index in [-0.39, 0.29) is 116 Å². The minimum absolute atomic E-state index is 0.0130. The number of fused-ring (bicyclic) bond motifs is 1. The summed E-state index contributed by atoms with van der Waals surface area (Å²) in [5.41, 5.74) is 5.92. The maximum Gasteiger partial charge on any atom is 0.405 e. The molecule has 2 saturated heterocycles. The first-order valence-electron chi connectivity index (χ1n) is 18.6. The molecule has 3 aliphatic heterocycles. The number of rotatable bonds is 17. The fraction of sp³-hybridized carbons (Fsp3) is 0.351. The molecule has 6 heterocycles. The van der Waals surface area contributed by atoms with Crippen LogP contribution in [0.5, 0.6) is 0 Å². The van der Waals surface area contributed by atoms with E-state index in [0.29, 0.717) is 5.69 Å². The highest BCUT2D eigenvalue weighted by atomic mass is 19.4. The zero-order valence-electron chi connectivity index (χ0n) is 31.8. The minimum atomic E-state index is -4.46. The molecular formula is C37H36F3N11O10. The summed E-state index contributed by atoms with van der Waals surface area (Å²) < 4.78 is 55.5. The molecule has 0 spiro atoms. The van der Waals surface area contributed by atoms with Gasteiger partial charge in [0.05, 0.1) is 42.7 Å². The number of piperidine rings is 1. The summed E-state index contributed by atoms with van der Waals surface area (Å²) in [5, 5.41) is 14.1. The number of pyridine rings is 1. The number of anilines is 3. The maximum atomic E-state index is 13.2. The van der Waals surface area contributed by atoms with Crippen LogP contribution in [0.2, 0.25) is 0 Å². The van der Waals surface area contributed by atoms with Crippen molar-refractivity contribution >= 4 is 58.5 Å². The van der Waals surface area contributed by atoms with Gasteiger partial charge in [0.25, 0.3) is 23.6 Å². The van der Waals surface area contributed by atoms with Gasteiger partial charge in [0.2, 0.25) is 23.6 Å². The van der Waals surface area contributed by atoms with Crippen LogP contribution in [0.4, 0.5) is 30.4 Å². The molecule has 61 heavy (non-hydrogen) atoms. The van der Waals surface area contributed by atoms with E-state index in [1.54, 1.807) is 12.1 Å². The Morgan fingerprint density at radius 2 is 1.79 bits per heavy atom. The number of ether oxygens (including phenoxy) is 2. The number of oxazole rings is 1. The molecule has 0 radical (unpaired) electrons. The number of carbonyl (C=O) groups excluding carboxylic acids is 7. The van der Waals surface area contributed by atoms with E-state index in [2.05, 4.69) is 36.3 Å². The topological polar surface area (TPSA) is 275 Å². The van der Waals surface area contributed by atoms with Crippen molar-refractivity contribution in [3.63, 3.8) is 0 Å². The predicted octanol–water partition coefficient (Wildman–Crippen LogP) is 1.19.